The van der Waals surface area contributed by atoms with Crippen LogP contribution >= 0.6 is 0 Å². The summed E-state index contributed by atoms with van der Waals surface area (Å²) in [6, 6.07) is -0.544. The molecule has 1 heterocycles. The largest absolute Gasteiger partial charge is 0.379 e. The quantitative estimate of drug-likeness (QED) is 0.269. The summed E-state index contributed by atoms with van der Waals surface area (Å²) in [5.41, 5.74) is 1.24. The van der Waals surface area contributed by atoms with Gasteiger partial charge in [-0.15, -0.1) is 0 Å². The molecule has 39 heavy (non-hydrogen) atoms. The zero-order valence-corrected chi connectivity index (χ0v) is 24.3. The summed E-state index contributed by atoms with van der Waals surface area (Å²) >= 11 is 0. The van der Waals surface area contributed by atoms with E-state index < -0.39 is 12.2 Å². The minimum atomic E-state index is -0.522. The molecule has 1 fully saturated rings. The average molecular weight is 549 g/mol. The molecule has 2 N–H and O–H groups in total. The van der Waals surface area contributed by atoms with Gasteiger partial charge in [0.2, 0.25) is 24.1 Å². The monoisotopic (exact) mass is 548 g/mol. The van der Waals surface area contributed by atoms with E-state index in [1.54, 1.807) is 26.2 Å². The molecular formula is C29H48N4O6. The standard InChI is InChI=1S/C29H48N4O6/c1-6-21(2)29(32(3)28(37)19-30-20-34)25(39-5)18-27(36)33-16-10-13-23(33)24(38-4)17-26(35)31-15-14-22-11-8-7-9-12-22/h8,11-12,20-21,23-25,29H,6-7,9-10,13-19H2,1-5H3,(H,30,34)(H,31,35). The number of hydrogen-bond acceptors (Lipinski definition) is 6. The molecule has 0 radical (unpaired) electrons. The van der Waals surface area contributed by atoms with Gasteiger partial charge < -0.3 is 29.9 Å². The Bertz CT molecular complexity index is 876. The van der Waals surface area contributed by atoms with Gasteiger partial charge in [0, 0.05) is 34.4 Å². The van der Waals surface area contributed by atoms with E-state index in [2.05, 4.69) is 28.9 Å². The van der Waals surface area contributed by atoms with E-state index in [9.17, 15) is 19.2 Å². The van der Waals surface area contributed by atoms with E-state index in [0.29, 0.717) is 19.5 Å². The van der Waals surface area contributed by atoms with E-state index in [1.807, 2.05) is 18.7 Å². The van der Waals surface area contributed by atoms with Gasteiger partial charge in [-0.05, 0) is 38.0 Å². The topological polar surface area (TPSA) is 117 Å². The number of likely N-dealkylation sites (tertiary alicyclic amines) is 1. The van der Waals surface area contributed by atoms with Crippen LogP contribution < -0.4 is 10.6 Å². The first kappa shape index (κ1) is 32.5. The second kappa shape index (κ2) is 17.1. The summed E-state index contributed by atoms with van der Waals surface area (Å²) in [5.74, 6) is -0.347. The molecule has 5 atom stereocenters. The van der Waals surface area contributed by atoms with Gasteiger partial charge in [-0.1, -0.05) is 44.1 Å². The lowest BCUT2D eigenvalue weighted by atomic mass is 9.90. The number of nitrogens with zero attached hydrogens (tertiary/aromatic N) is 2. The van der Waals surface area contributed by atoms with Gasteiger partial charge in [-0.25, -0.2) is 0 Å². The number of carbonyl (C=O) groups excluding carboxylic acids is 4. The lowest BCUT2D eigenvalue weighted by Crippen LogP contribution is -2.53. The van der Waals surface area contributed by atoms with Crippen molar-refractivity contribution in [3.63, 3.8) is 0 Å². The van der Waals surface area contributed by atoms with Crippen LogP contribution in [0.4, 0.5) is 0 Å². The Kier molecular flexibility index (Phi) is 14.2. The van der Waals surface area contributed by atoms with Crippen molar-refractivity contribution in [1.29, 1.82) is 0 Å². The second-order valence-electron chi connectivity index (χ2n) is 10.5. The zero-order chi connectivity index (χ0) is 28.8. The van der Waals surface area contributed by atoms with Gasteiger partial charge in [0.1, 0.15) is 0 Å². The molecule has 0 aromatic carbocycles. The number of nitrogens with one attached hydrogen (secondary N) is 2. The molecule has 220 valence electrons. The predicted octanol–water partition coefficient (Wildman–Crippen LogP) is 2.19. The van der Waals surface area contributed by atoms with Crippen LogP contribution in [0.3, 0.4) is 0 Å². The van der Waals surface area contributed by atoms with Crippen molar-refractivity contribution in [2.24, 2.45) is 5.92 Å². The zero-order valence-electron chi connectivity index (χ0n) is 24.3. The molecule has 0 aromatic heterocycles. The number of carbonyl (C=O) groups is 4. The third-order valence-corrected chi connectivity index (χ3v) is 8.01. The third-order valence-electron chi connectivity index (χ3n) is 8.01. The molecule has 0 aromatic rings. The molecule has 0 saturated carbocycles. The van der Waals surface area contributed by atoms with E-state index in [-0.39, 0.29) is 55.1 Å². The van der Waals surface area contributed by atoms with Crippen LogP contribution in [0, 0.1) is 5.92 Å². The summed E-state index contributed by atoms with van der Waals surface area (Å²) < 4.78 is 11.5. The summed E-state index contributed by atoms with van der Waals surface area (Å²) in [7, 11) is 4.82. The number of likely N-dealkylation sites (N-methyl/N-ethyl adjacent to an activating group) is 1. The first-order valence-electron chi connectivity index (χ1n) is 14.2. The maximum Gasteiger partial charge on any atom is 0.242 e. The minimum absolute atomic E-state index is 0.0672. The van der Waals surface area contributed by atoms with Crippen molar-refractivity contribution in [1.82, 2.24) is 20.4 Å². The SMILES string of the molecule is CCC(C)C(C(CC(=O)N1CCCC1C(CC(=O)NCCC1=CCCC=C1)OC)OC)N(C)C(=O)CNC=O. The minimum Gasteiger partial charge on any atom is -0.379 e. The highest BCUT2D eigenvalue weighted by Gasteiger charge is 2.39. The van der Waals surface area contributed by atoms with Crippen LogP contribution in [0.25, 0.3) is 0 Å². The van der Waals surface area contributed by atoms with Crippen LogP contribution in [-0.2, 0) is 28.7 Å². The van der Waals surface area contributed by atoms with Crippen molar-refractivity contribution in [3.05, 3.63) is 23.8 Å². The Hall–Kier alpha value is -2.72. The van der Waals surface area contributed by atoms with E-state index >= 15 is 0 Å². The number of rotatable bonds is 17. The van der Waals surface area contributed by atoms with Gasteiger partial charge >= 0.3 is 0 Å². The first-order valence-corrected chi connectivity index (χ1v) is 14.2. The number of hydrogen-bond donors (Lipinski definition) is 2. The molecule has 0 spiro atoms. The number of allylic oxidation sites excluding steroid dienone is 3. The molecule has 0 bridgehead atoms. The smallest absolute Gasteiger partial charge is 0.242 e. The Morgan fingerprint density at radius 2 is 1.97 bits per heavy atom. The van der Waals surface area contributed by atoms with Gasteiger partial charge in [0.25, 0.3) is 0 Å². The molecular weight excluding hydrogens is 500 g/mol. The molecule has 5 unspecified atom stereocenters. The summed E-state index contributed by atoms with van der Waals surface area (Å²) in [5, 5.41) is 5.41. The fourth-order valence-corrected chi connectivity index (χ4v) is 5.61. The molecule has 10 heteroatoms. The lowest BCUT2D eigenvalue weighted by molar-refractivity contribution is -0.144. The lowest BCUT2D eigenvalue weighted by Gasteiger charge is -2.39. The van der Waals surface area contributed by atoms with Crippen LogP contribution in [0.5, 0.6) is 0 Å². The fraction of sp³-hybridized carbons (Fsp3) is 0.724. The van der Waals surface area contributed by atoms with Gasteiger partial charge in [-0.2, -0.15) is 0 Å². The highest BCUT2D eigenvalue weighted by Crippen LogP contribution is 2.27. The normalized spacial score (nSPS) is 20.0. The third kappa shape index (κ3) is 9.76. The molecule has 1 aliphatic heterocycles. The summed E-state index contributed by atoms with van der Waals surface area (Å²) in [6.07, 6.45) is 11.6. The Morgan fingerprint density at radius 3 is 2.59 bits per heavy atom. The Morgan fingerprint density at radius 1 is 1.21 bits per heavy atom. The second-order valence-corrected chi connectivity index (χ2v) is 10.5. The Balaban J connectivity index is 2.01. The predicted molar refractivity (Wildman–Crippen MR) is 150 cm³/mol. The van der Waals surface area contributed by atoms with E-state index in [1.165, 1.54) is 5.57 Å². The Labute approximate surface area is 233 Å². The van der Waals surface area contributed by atoms with Gasteiger partial charge in [-0.3, -0.25) is 19.2 Å². The average Bonchev–Trinajstić information content (AvgIpc) is 3.44. The van der Waals surface area contributed by atoms with Crippen molar-refractivity contribution < 1.29 is 28.7 Å². The molecule has 10 nitrogen and oxygen atoms in total. The van der Waals surface area contributed by atoms with Crippen molar-refractivity contribution in [3.8, 4) is 0 Å². The summed E-state index contributed by atoms with van der Waals surface area (Å²) in [4.78, 5) is 53.0. The van der Waals surface area contributed by atoms with Crippen molar-refractivity contribution in [2.45, 2.75) is 89.5 Å². The molecule has 2 rings (SSSR count). The highest BCUT2D eigenvalue weighted by molar-refractivity contribution is 5.81. The van der Waals surface area contributed by atoms with Crippen molar-refractivity contribution in [2.75, 3.05) is 40.9 Å². The van der Waals surface area contributed by atoms with Crippen LogP contribution in [0.1, 0.15) is 65.2 Å². The number of amides is 4. The number of ether oxygens (including phenoxy) is 2. The summed E-state index contributed by atoms with van der Waals surface area (Å²) in [6.45, 7) is 5.10. The first-order chi connectivity index (χ1) is 18.8. The number of methoxy groups -OCH3 is 2. The van der Waals surface area contributed by atoms with Gasteiger partial charge in [0.15, 0.2) is 0 Å². The van der Waals surface area contributed by atoms with Crippen LogP contribution in [0.15, 0.2) is 23.8 Å². The van der Waals surface area contributed by atoms with E-state index in [4.69, 9.17) is 9.47 Å². The van der Waals surface area contributed by atoms with Gasteiger partial charge in [0.05, 0.1) is 43.7 Å². The molecule has 2 aliphatic rings. The van der Waals surface area contributed by atoms with Crippen molar-refractivity contribution >= 4 is 24.1 Å². The maximum absolute atomic E-state index is 13.6. The van der Waals surface area contributed by atoms with E-state index in [0.717, 1.165) is 38.5 Å². The molecule has 1 aliphatic carbocycles. The van der Waals surface area contributed by atoms with Crippen LogP contribution in [0.2, 0.25) is 0 Å². The maximum atomic E-state index is 13.6. The highest BCUT2D eigenvalue weighted by atomic mass is 16.5. The molecule has 1 saturated heterocycles. The van der Waals surface area contributed by atoms with Crippen LogP contribution in [-0.4, -0.2) is 99.1 Å². The fourth-order valence-electron chi connectivity index (χ4n) is 5.61. The molecule has 4 amide bonds.